The molecule has 3 heteroatoms. The average molecular weight is 243 g/mol. The van der Waals surface area contributed by atoms with Gasteiger partial charge in [-0.25, -0.2) is 4.79 Å². The van der Waals surface area contributed by atoms with Crippen molar-refractivity contribution in [3.05, 3.63) is 0 Å². The van der Waals surface area contributed by atoms with Gasteiger partial charge >= 0.3 is 6.09 Å². The van der Waals surface area contributed by atoms with Gasteiger partial charge in [0.1, 0.15) is 0 Å². The summed E-state index contributed by atoms with van der Waals surface area (Å²) in [6.45, 7) is 15.7. The Morgan fingerprint density at radius 1 is 1.18 bits per heavy atom. The van der Waals surface area contributed by atoms with Gasteiger partial charge in [0, 0.05) is 6.54 Å². The van der Waals surface area contributed by atoms with Crippen molar-refractivity contribution in [1.29, 1.82) is 0 Å². The lowest BCUT2D eigenvalue weighted by molar-refractivity contribution is 0.108. The van der Waals surface area contributed by atoms with E-state index in [1.807, 2.05) is 13.8 Å². The predicted octanol–water partition coefficient (Wildman–Crippen LogP) is 3.97. The lowest BCUT2D eigenvalue weighted by Gasteiger charge is -2.39. The first-order chi connectivity index (χ1) is 7.56. The van der Waals surface area contributed by atoms with Gasteiger partial charge in [-0.15, -0.1) is 0 Å². The number of hydrogen-bond acceptors (Lipinski definition) is 2. The van der Waals surface area contributed by atoms with E-state index in [0.717, 1.165) is 12.8 Å². The minimum absolute atomic E-state index is 0.0546. The number of alkyl carbamates (subject to hydrolysis) is 1. The van der Waals surface area contributed by atoms with Gasteiger partial charge in [0.15, 0.2) is 0 Å². The third kappa shape index (κ3) is 6.54. The maximum atomic E-state index is 11.2. The van der Waals surface area contributed by atoms with Gasteiger partial charge in [0.25, 0.3) is 0 Å². The van der Waals surface area contributed by atoms with E-state index in [9.17, 15) is 4.79 Å². The van der Waals surface area contributed by atoms with E-state index < -0.39 is 0 Å². The van der Waals surface area contributed by atoms with Crippen molar-refractivity contribution in [2.45, 2.75) is 67.4 Å². The Kier molecular flexibility index (Phi) is 6.00. The van der Waals surface area contributed by atoms with Crippen molar-refractivity contribution in [2.24, 2.45) is 10.8 Å². The van der Waals surface area contributed by atoms with Crippen LogP contribution in [0.25, 0.3) is 0 Å². The van der Waals surface area contributed by atoms with E-state index in [-0.39, 0.29) is 23.0 Å². The fourth-order valence-electron chi connectivity index (χ4n) is 1.35. The smallest absolute Gasteiger partial charge is 0.407 e. The Morgan fingerprint density at radius 3 is 2.12 bits per heavy atom. The van der Waals surface area contributed by atoms with Crippen LogP contribution in [0.3, 0.4) is 0 Å². The zero-order valence-electron chi connectivity index (χ0n) is 12.5. The molecule has 0 bridgehead atoms. The molecule has 0 unspecified atom stereocenters. The molecule has 0 saturated carbocycles. The van der Waals surface area contributed by atoms with Crippen LogP contribution in [-0.4, -0.2) is 18.7 Å². The van der Waals surface area contributed by atoms with Crippen molar-refractivity contribution in [3.63, 3.8) is 0 Å². The molecule has 0 rings (SSSR count). The van der Waals surface area contributed by atoms with Crippen LogP contribution in [0.4, 0.5) is 4.79 Å². The summed E-state index contributed by atoms with van der Waals surface area (Å²) in [6, 6.07) is 0. The van der Waals surface area contributed by atoms with E-state index in [1.165, 1.54) is 0 Å². The first kappa shape index (κ1) is 16.3. The second-order valence-corrected chi connectivity index (χ2v) is 6.62. The van der Waals surface area contributed by atoms with Gasteiger partial charge in [-0.2, -0.15) is 0 Å². The molecule has 0 aromatic carbocycles. The molecule has 1 N–H and O–H groups in total. The van der Waals surface area contributed by atoms with Crippen LogP contribution in [0.2, 0.25) is 0 Å². The van der Waals surface area contributed by atoms with Crippen LogP contribution in [0.1, 0.15) is 61.3 Å². The van der Waals surface area contributed by atoms with E-state index in [2.05, 4.69) is 39.9 Å². The predicted molar refractivity (Wildman–Crippen MR) is 72.1 cm³/mol. The third-order valence-corrected chi connectivity index (χ3v) is 3.62. The summed E-state index contributed by atoms with van der Waals surface area (Å²) >= 11 is 0. The summed E-state index contributed by atoms with van der Waals surface area (Å²) in [6.07, 6.45) is 1.71. The maximum Gasteiger partial charge on any atom is 0.407 e. The lowest BCUT2D eigenvalue weighted by Crippen LogP contribution is -2.32. The van der Waals surface area contributed by atoms with Gasteiger partial charge in [0.05, 0.1) is 6.10 Å². The third-order valence-electron chi connectivity index (χ3n) is 3.62. The van der Waals surface area contributed by atoms with Crippen molar-refractivity contribution >= 4 is 6.09 Å². The van der Waals surface area contributed by atoms with Crippen molar-refractivity contribution in [1.82, 2.24) is 5.32 Å². The van der Waals surface area contributed by atoms with Gasteiger partial charge in [-0.1, -0.05) is 34.6 Å². The SMILES string of the molecule is CC(C)OC(=O)NCCCC(C)(C)C(C)(C)C. The van der Waals surface area contributed by atoms with Crippen molar-refractivity contribution < 1.29 is 9.53 Å². The molecule has 0 spiro atoms. The number of carbonyl (C=O) groups excluding carboxylic acids is 1. The van der Waals surface area contributed by atoms with E-state index in [4.69, 9.17) is 4.74 Å². The second kappa shape index (κ2) is 6.27. The Morgan fingerprint density at radius 2 is 1.71 bits per heavy atom. The molecule has 0 aromatic heterocycles. The standard InChI is InChI=1S/C14H29NO2/c1-11(2)17-12(16)15-10-8-9-14(6,7)13(3,4)5/h11H,8-10H2,1-7H3,(H,15,16). The minimum Gasteiger partial charge on any atom is -0.447 e. The molecule has 102 valence electrons. The van der Waals surface area contributed by atoms with Crippen molar-refractivity contribution in [3.8, 4) is 0 Å². The highest BCUT2D eigenvalue weighted by molar-refractivity contribution is 5.67. The minimum atomic E-state index is -0.312. The summed E-state index contributed by atoms with van der Waals surface area (Å²) in [7, 11) is 0. The molecule has 0 heterocycles. The molecular weight excluding hydrogens is 214 g/mol. The molecule has 1 amide bonds. The number of carbonyl (C=O) groups is 1. The molecule has 0 aliphatic carbocycles. The number of hydrogen-bond donors (Lipinski definition) is 1. The number of rotatable bonds is 5. The largest absolute Gasteiger partial charge is 0.447 e. The highest BCUT2D eigenvalue weighted by Gasteiger charge is 2.31. The summed E-state index contributed by atoms with van der Waals surface area (Å²) in [5.74, 6) is 0. The fourth-order valence-corrected chi connectivity index (χ4v) is 1.35. The molecule has 0 aromatic rings. The summed E-state index contributed by atoms with van der Waals surface area (Å²) in [5.41, 5.74) is 0.558. The summed E-state index contributed by atoms with van der Waals surface area (Å²) in [5, 5.41) is 2.78. The first-order valence-electron chi connectivity index (χ1n) is 6.51. The molecule has 17 heavy (non-hydrogen) atoms. The van der Waals surface area contributed by atoms with Gasteiger partial charge in [0.2, 0.25) is 0 Å². The molecule has 0 atom stereocenters. The number of amides is 1. The molecule has 0 aliphatic rings. The number of nitrogens with one attached hydrogen (secondary N) is 1. The Balaban J connectivity index is 3.82. The highest BCUT2D eigenvalue weighted by atomic mass is 16.6. The topological polar surface area (TPSA) is 38.3 Å². The summed E-state index contributed by atoms with van der Waals surface area (Å²) in [4.78, 5) is 11.2. The van der Waals surface area contributed by atoms with Crippen molar-refractivity contribution in [2.75, 3.05) is 6.54 Å². The molecular formula is C14H29NO2. The van der Waals surface area contributed by atoms with E-state index in [1.54, 1.807) is 0 Å². The van der Waals surface area contributed by atoms with Crippen LogP contribution < -0.4 is 5.32 Å². The van der Waals surface area contributed by atoms with E-state index in [0.29, 0.717) is 6.54 Å². The van der Waals surface area contributed by atoms with Gasteiger partial charge in [-0.3, -0.25) is 0 Å². The van der Waals surface area contributed by atoms with Crippen LogP contribution in [0.15, 0.2) is 0 Å². The zero-order valence-corrected chi connectivity index (χ0v) is 12.5. The highest BCUT2D eigenvalue weighted by Crippen LogP contribution is 2.41. The quantitative estimate of drug-likeness (QED) is 0.742. The molecule has 0 radical (unpaired) electrons. The van der Waals surface area contributed by atoms with E-state index >= 15 is 0 Å². The normalized spacial score (nSPS) is 12.7. The van der Waals surface area contributed by atoms with Crippen LogP contribution in [-0.2, 0) is 4.74 Å². The Labute approximate surface area is 106 Å². The van der Waals surface area contributed by atoms with Crippen LogP contribution in [0.5, 0.6) is 0 Å². The molecule has 3 nitrogen and oxygen atoms in total. The van der Waals surface area contributed by atoms with Crippen LogP contribution >= 0.6 is 0 Å². The molecule has 0 saturated heterocycles. The Hall–Kier alpha value is -0.730. The maximum absolute atomic E-state index is 11.2. The summed E-state index contributed by atoms with van der Waals surface area (Å²) < 4.78 is 5.00. The fraction of sp³-hybridized carbons (Fsp3) is 0.929. The number of ether oxygens (including phenoxy) is 1. The van der Waals surface area contributed by atoms with Gasteiger partial charge in [-0.05, 0) is 37.5 Å². The zero-order chi connectivity index (χ0) is 13.7. The molecule has 0 aliphatic heterocycles. The lowest BCUT2D eigenvalue weighted by atomic mass is 9.67. The molecule has 0 fully saturated rings. The van der Waals surface area contributed by atoms with Crippen LogP contribution in [0, 0.1) is 10.8 Å². The Bertz CT molecular complexity index is 239. The first-order valence-corrected chi connectivity index (χ1v) is 6.51. The average Bonchev–Trinajstić information content (AvgIpc) is 2.09. The van der Waals surface area contributed by atoms with Gasteiger partial charge < -0.3 is 10.1 Å². The monoisotopic (exact) mass is 243 g/mol. The second-order valence-electron chi connectivity index (χ2n) is 6.62.